The van der Waals surface area contributed by atoms with Crippen LogP contribution in [0.5, 0.6) is 0 Å². The van der Waals surface area contributed by atoms with E-state index in [4.69, 9.17) is 14.9 Å². The van der Waals surface area contributed by atoms with E-state index in [1.165, 1.54) is 30.3 Å². The molecule has 0 aliphatic carbocycles. The highest BCUT2D eigenvalue weighted by Gasteiger charge is 2.18. The van der Waals surface area contributed by atoms with Crippen molar-refractivity contribution < 1.29 is 32.9 Å². The summed E-state index contributed by atoms with van der Waals surface area (Å²) in [6, 6.07) is 6.56. The van der Waals surface area contributed by atoms with Crippen LogP contribution in [-0.2, 0) is 11.2 Å². The summed E-state index contributed by atoms with van der Waals surface area (Å²) in [7, 11) is 0. The van der Waals surface area contributed by atoms with Gasteiger partial charge in [-0.2, -0.15) is 0 Å². The fraction of sp³-hybridized carbons (Fsp3) is 0.250. The van der Waals surface area contributed by atoms with Crippen molar-refractivity contribution in [1.29, 1.82) is 0 Å². The maximum absolute atomic E-state index is 14.2. The number of nitrogens with one attached hydrogen (secondary N) is 2. The molecule has 0 unspecified atom stereocenters. The van der Waals surface area contributed by atoms with Crippen LogP contribution in [0.1, 0.15) is 5.56 Å². The molecule has 2 aromatic carbocycles. The Hall–Kier alpha value is -3.04. The lowest BCUT2D eigenvalue weighted by atomic mass is 10.0. The number of amides is 1. The van der Waals surface area contributed by atoms with E-state index in [1.54, 1.807) is 0 Å². The first-order chi connectivity index (χ1) is 13.9. The Balaban J connectivity index is 1.88. The Morgan fingerprint density at radius 1 is 1.07 bits per heavy atom. The van der Waals surface area contributed by atoms with Crippen LogP contribution in [0, 0.1) is 17.5 Å². The average molecular weight is 408 g/mol. The Bertz CT molecular complexity index is 1000. The number of carbonyl (C=O) groups is 1. The van der Waals surface area contributed by atoms with E-state index < -0.39 is 42.8 Å². The topological polar surface area (TPSA) is 94.6 Å². The maximum Gasteiger partial charge on any atom is 0.407 e. The van der Waals surface area contributed by atoms with E-state index in [0.29, 0.717) is 16.8 Å². The molecule has 0 aliphatic heterocycles. The Labute approximate surface area is 163 Å². The molecule has 1 aromatic heterocycles. The number of aliphatic hydroxyl groups is 2. The van der Waals surface area contributed by atoms with Crippen LogP contribution in [0.4, 0.5) is 18.0 Å². The lowest BCUT2D eigenvalue weighted by molar-refractivity contribution is 0.122. The molecule has 4 N–H and O–H groups in total. The number of aromatic nitrogens is 1. The largest absolute Gasteiger partial charge is 0.449 e. The molecule has 0 aliphatic rings. The van der Waals surface area contributed by atoms with Gasteiger partial charge in [0.25, 0.3) is 0 Å². The van der Waals surface area contributed by atoms with Crippen LogP contribution in [0.25, 0.3) is 22.2 Å². The standard InChI is InChI=1S/C20H19F3N2O4/c21-12-3-1-11(2-4-12)18-15(5-6-29-20(28)24-14(9-26)10-27)16-7-13(22)8-17(23)19(16)25-18/h1-4,7-8,14,25-27H,5-6,9-10H2,(H,24,28). The predicted molar refractivity (Wildman–Crippen MR) is 99.8 cm³/mol. The minimum atomic E-state index is -0.853. The number of hydrogen-bond donors (Lipinski definition) is 4. The summed E-state index contributed by atoms with van der Waals surface area (Å²) >= 11 is 0. The molecule has 3 rings (SSSR count). The van der Waals surface area contributed by atoms with Crippen molar-refractivity contribution in [2.45, 2.75) is 12.5 Å². The molecule has 9 heteroatoms. The van der Waals surface area contributed by atoms with Gasteiger partial charge in [0.05, 0.1) is 31.4 Å². The maximum atomic E-state index is 14.2. The fourth-order valence-corrected chi connectivity index (χ4v) is 3.00. The zero-order valence-corrected chi connectivity index (χ0v) is 15.2. The Morgan fingerprint density at radius 3 is 2.41 bits per heavy atom. The van der Waals surface area contributed by atoms with Gasteiger partial charge in [-0.3, -0.25) is 0 Å². The third kappa shape index (κ3) is 4.69. The molecule has 29 heavy (non-hydrogen) atoms. The van der Waals surface area contributed by atoms with Crippen molar-refractivity contribution in [2.24, 2.45) is 0 Å². The summed E-state index contributed by atoms with van der Waals surface area (Å²) in [6.07, 6.45) is -0.731. The van der Waals surface area contributed by atoms with Crippen LogP contribution in [0.15, 0.2) is 36.4 Å². The van der Waals surface area contributed by atoms with Gasteiger partial charge in [0.15, 0.2) is 0 Å². The van der Waals surface area contributed by atoms with E-state index in [2.05, 4.69) is 10.3 Å². The van der Waals surface area contributed by atoms with Crippen molar-refractivity contribution in [2.75, 3.05) is 19.8 Å². The van der Waals surface area contributed by atoms with Gasteiger partial charge in [-0.05, 0) is 41.5 Å². The summed E-state index contributed by atoms with van der Waals surface area (Å²) in [5.41, 5.74) is 1.60. The third-order valence-corrected chi connectivity index (χ3v) is 4.41. The molecule has 0 saturated carbocycles. The number of benzene rings is 2. The van der Waals surface area contributed by atoms with Gasteiger partial charge in [-0.25, -0.2) is 18.0 Å². The second-order valence-electron chi connectivity index (χ2n) is 6.39. The molecular weight excluding hydrogens is 389 g/mol. The van der Waals surface area contributed by atoms with E-state index in [-0.39, 0.29) is 23.9 Å². The summed E-state index contributed by atoms with van der Waals surface area (Å²) in [5, 5.41) is 20.5. The van der Waals surface area contributed by atoms with Gasteiger partial charge in [-0.1, -0.05) is 0 Å². The number of H-pyrrole nitrogens is 1. The lowest BCUT2D eigenvalue weighted by Gasteiger charge is -2.13. The quantitative estimate of drug-likeness (QED) is 0.484. The van der Waals surface area contributed by atoms with E-state index in [0.717, 1.165) is 6.07 Å². The van der Waals surface area contributed by atoms with Gasteiger partial charge >= 0.3 is 6.09 Å². The summed E-state index contributed by atoms with van der Waals surface area (Å²) in [4.78, 5) is 14.6. The second-order valence-corrected chi connectivity index (χ2v) is 6.39. The number of alkyl carbamates (subject to hydrolysis) is 1. The Kier molecular flexibility index (Phi) is 6.40. The molecule has 0 spiro atoms. The molecule has 1 heterocycles. The Morgan fingerprint density at radius 2 is 1.76 bits per heavy atom. The van der Waals surface area contributed by atoms with Crippen LogP contribution in [-0.4, -0.2) is 47.2 Å². The highest BCUT2D eigenvalue weighted by molar-refractivity contribution is 5.91. The average Bonchev–Trinajstić information content (AvgIpc) is 3.05. The number of carbonyl (C=O) groups excluding carboxylic acids is 1. The number of halogens is 3. The highest BCUT2D eigenvalue weighted by atomic mass is 19.1. The van der Waals surface area contributed by atoms with E-state index in [1.807, 2.05) is 0 Å². The minimum Gasteiger partial charge on any atom is -0.449 e. The first-order valence-electron chi connectivity index (χ1n) is 8.83. The van der Waals surface area contributed by atoms with Gasteiger partial charge in [0.1, 0.15) is 17.5 Å². The van der Waals surface area contributed by atoms with Crippen LogP contribution in [0.2, 0.25) is 0 Å². The van der Waals surface area contributed by atoms with E-state index in [9.17, 15) is 18.0 Å². The lowest BCUT2D eigenvalue weighted by Crippen LogP contribution is -2.40. The molecule has 0 atom stereocenters. The molecule has 6 nitrogen and oxygen atoms in total. The molecule has 0 bridgehead atoms. The van der Waals surface area contributed by atoms with Crippen molar-refractivity contribution in [1.82, 2.24) is 10.3 Å². The summed E-state index contributed by atoms with van der Waals surface area (Å²) in [6.45, 7) is -1.04. The molecule has 3 aromatic rings. The number of rotatable bonds is 7. The first-order valence-corrected chi connectivity index (χ1v) is 8.83. The summed E-state index contributed by atoms with van der Waals surface area (Å²) in [5.74, 6) is -1.97. The van der Waals surface area contributed by atoms with Crippen molar-refractivity contribution in [3.8, 4) is 11.3 Å². The molecule has 0 fully saturated rings. The molecule has 1 amide bonds. The van der Waals surface area contributed by atoms with Crippen molar-refractivity contribution in [3.05, 3.63) is 59.4 Å². The van der Waals surface area contributed by atoms with Gasteiger partial charge < -0.3 is 25.3 Å². The number of aliphatic hydroxyl groups excluding tert-OH is 2. The van der Waals surface area contributed by atoms with Gasteiger partial charge in [0.2, 0.25) is 0 Å². The number of fused-ring (bicyclic) bond motifs is 1. The van der Waals surface area contributed by atoms with Crippen LogP contribution < -0.4 is 5.32 Å². The second kappa shape index (κ2) is 8.97. The van der Waals surface area contributed by atoms with Crippen LogP contribution >= 0.6 is 0 Å². The zero-order chi connectivity index (χ0) is 21.0. The summed E-state index contributed by atoms with van der Waals surface area (Å²) < 4.78 is 46.3. The van der Waals surface area contributed by atoms with Gasteiger partial charge in [0, 0.05) is 23.6 Å². The van der Waals surface area contributed by atoms with Crippen LogP contribution in [0.3, 0.4) is 0 Å². The van der Waals surface area contributed by atoms with Crippen molar-refractivity contribution >= 4 is 17.0 Å². The van der Waals surface area contributed by atoms with E-state index >= 15 is 0 Å². The monoisotopic (exact) mass is 408 g/mol. The fourth-order valence-electron chi connectivity index (χ4n) is 3.00. The minimum absolute atomic E-state index is 0.0887. The first kappa shape index (κ1) is 20.7. The molecule has 0 radical (unpaired) electrons. The molecular formula is C20H19F3N2O4. The normalized spacial score (nSPS) is 11.2. The third-order valence-electron chi connectivity index (χ3n) is 4.41. The zero-order valence-electron chi connectivity index (χ0n) is 15.2. The smallest absolute Gasteiger partial charge is 0.407 e. The van der Waals surface area contributed by atoms with Crippen molar-refractivity contribution in [3.63, 3.8) is 0 Å². The SMILES string of the molecule is O=C(NC(CO)CO)OCCc1c(-c2ccc(F)cc2)[nH]c2c(F)cc(F)cc12. The predicted octanol–water partition coefficient (Wildman–Crippen LogP) is 2.87. The number of ether oxygens (including phenoxy) is 1. The van der Waals surface area contributed by atoms with Gasteiger partial charge in [-0.15, -0.1) is 0 Å². The molecule has 0 saturated heterocycles. The number of hydrogen-bond acceptors (Lipinski definition) is 4. The number of aromatic amines is 1. The molecule has 154 valence electrons. The highest BCUT2D eigenvalue weighted by Crippen LogP contribution is 2.32.